The topological polar surface area (TPSA) is 49.3 Å². The molecule has 3 aliphatic rings. The van der Waals surface area contributed by atoms with Gasteiger partial charge in [0.05, 0.1) is 0 Å². The lowest BCUT2D eigenvalue weighted by Crippen LogP contribution is -2.65. The fourth-order valence-corrected chi connectivity index (χ4v) is 6.12. The molecule has 5 nitrogen and oxygen atoms in total. The SMILES string of the molecule is CCc1cnc(C)nc1N1C[C@H]2C[C@@H](C1)[C@H](Cc1cccc(F)c1)N1C(=O)CCC[C@@H]21. The van der Waals surface area contributed by atoms with Crippen LogP contribution in [0.1, 0.15) is 49.6 Å². The summed E-state index contributed by atoms with van der Waals surface area (Å²) in [6.45, 7) is 5.93. The summed E-state index contributed by atoms with van der Waals surface area (Å²) in [6, 6.07) is 7.28. The van der Waals surface area contributed by atoms with E-state index in [-0.39, 0.29) is 23.8 Å². The van der Waals surface area contributed by atoms with Crippen molar-refractivity contribution in [3.05, 3.63) is 53.2 Å². The molecule has 3 aliphatic heterocycles. The van der Waals surface area contributed by atoms with E-state index in [2.05, 4.69) is 21.7 Å². The molecule has 0 spiro atoms. The Bertz CT molecular complexity index is 980. The number of carbonyl (C=O) groups is 1. The van der Waals surface area contributed by atoms with Crippen molar-refractivity contribution in [2.75, 3.05) is 18.0 Å². The first-order valence-corrected chi connectivity index (χ1v) is 11.7. The van der Waals surface area contributed by atoms with Gasteiger partial charge in [0, 0.05) is 43.4 Å². The molecule has 31 heavy (non-hydrogen) atoms. The Labute approximate surface area is 183 Å². The van der Waals surface area contributed by atoms with Crippen molar-refractivity contribution < 1.29 is 9.18 Å². The second-order valence-electron chi connectivity index (χ2n) is 9.44. The van der Waals surface area contributed by atoms with Crippen molar-refractivity contribution in [1.29, 1.82) is 0 Å². The van der Waals surface area contributed by atoms with Crippen molar-refractivity contribution in [3.8, 4) is 0 Å². The monoisotopic (exact) mass is 422 g/mol. The third-order valence-electron chi connectivity index (χ3n) is 7.47. The first kappa shape index (κ1) is 20.4. The lowest BCUT2D eigenvalue weighted by molar-refractivity contribution is -0.148. The number of halogens is 1. The minimum atomic E-state index is -0.206. The second-order valence-corrected chi connectivity index (χ2v) is 9.44. The number of benzene rings is 1. The van der Waals surface area contributed by atoms with Crippen LogP contribution in [0, 0.1) is 24.6 Å². The summed E-state index contributed by atoms with van der Waals surface area (Å²) < 4.78 is 13.9. The van der Waals surface area contributed by atoms with Gasteiger partial charge >= 0.3 is 0 Å². The lowest BCUT2D eigenvalue weighted by atomic mass is 9.70. The molecule has 2 bridgehead atoms. The highest BCUT2D eigenvalue weighted by Gasteiger charge is 2.49. The lowest BCUT2D eigenvalue weighted by Gasteiger charge is -2.57. The number of hydrogen-bond donors (Lipinski definition) is 0. The number of anilines is 1. The molecule has 0 N–H and O–H groups in total. The molecule has 0 radical (unpaired) electrons. The van der Waals surface area contributed by atoms with E-state index in [1.807, 2.05) is 19.2 Å². The van der Waals surface area contributed by atoms with Crippen molar-refractivity contribution in [3.63, 3.8) is 0 Å². The molecule has 5 rings (SSSR count). The van der Waals surface area contributed by atoms with Gasteiger partial charge in [0.2, 0.25) is 5.91 Å². The molecule has 2 aromatic rings. The minimum Gasteiger partial charge on any atom is -0.356 e. The van der Waals surface area contributed by atoms with Crippen LogP contribution in [0.3, 0.4) is 0 Å². The molecular weight excluding hydrogens is 391 g/mol. The van der Waals surface area contributed by atoms with Crippen molar-refractivity contribution in [1.82, 2.24) is 14.9 Å². The molecule has 1 amide bonds. The van der Waals surface area contributed by atoms with Crippen LogP contribution in [0.15, 0.2) is 30.5 Å². The van der Waals surface area contributed by atoms with E-state index < -0.39 is 0 Å². The van der Waals surface area contributed by atoms with Crippen LogP contribution in [0.4, 0.5) is 10.2 Å². The number of aryl methyl sites for hydroxylation is 2. The van der Waals surface area contributed by atoms with Gasteiger partial charge in [0.15, 0.2) is 0 Å². The van der Waals surface area contributed by atoms with Gasteiger partial charge in [-0.25, -0.2) is 14.4 Å². The maximum atomic E-state index is 13.9. The second kappa shape index (κ2) is 8.21. The number of aromatic nitrogens is 2. The van der Waals surface area contributed by atoms with E-state index in [4.69, 9.17) is 4.98 Å². The molecule has 6 heteroatoms. The van der Waals surface area contributed by atoms with Gasteiger partial charge in [-0.2, -0.15) is 0 Å². The molecule has 4 atom stereocenters. The van der Waals surface area contributed by atoms with Gasteiger partial charge in [-0.1, -0.05) is 19.1 Å². The van der Waals surface area contributed by atoms with Crippen LogP contribution >= 0.6 is 0 Å². The Hall–Kier alpha value is -2.50. The summed E-state index contributed by atoms with van der Waals surface area (Å²) in [4.78, 5) is 26.9. The molecule has 1 aromatic carbocycles. The quantitative estimate of drug-likeness (QED) is 0.749. The number of hydrogen-bond acceptors (Lipinski definition) is 4. The van der Waals surface area contributed by atoms with E-state index in [1.165, 1.54) is 11.6 Å². The predicted octanol–water partition coefficient (Wildman–Crippen LogP) is 3.94. The smallest absolute Gasteiger partial charge is 0.223 e. The molecule has 0 unspecified atom stereocenters. The van der Waals surface area contributed by atoms with Crippen LogP contribution in [-0.2, 0) is 17.6 Å². The molecule has 4 heterocycles. The number of piperidine rings is 3. The highest BCUT2D eigenvalue weighted by Crippen LogP contribution is 2.43. The average molecular weight is 423 g/mol. The highest BCUT2D eigenvalue weighted by atomic mass is 19.1. The molecule has 164 valence electrons. The average Bonchev–Trinajstić information content (AvgIpc) is 2.76. The van der Waals surface area contributed by atoms with E-state index >= 15 is 0 Å². The summed E-state index contributed by atoms with van der Waals surface area (Å²) in [5.41, 5.74) is 2.16. The third-order valence-corrected chi connectivity index (χ3v) is 7.47. The van der Waals surface area contributed by atoms with Gasteiger partial charge in [-0.05, 0) is 68.6 Å². The van der Waals surface area contributed by atoms with E-state index in [9.17, 15) is 9.18 Å². The predicted molar refractivity (Wildman–Crippen MR) is 118 cm³/mol. The number of fused-ring (bicyclic) bond motifs is 4. The summed E-state index contributed by atoms with van der Waals surface area (Å²) in [5.74, 6) is 2.76. The normalized spacial score (nSPS) is 27.9. The van der Waals surface area contributed by atoms with Gasteiger partial charge in [-0.15, -0.1) is 0 Å². The molecule has 0 saturated carbocycles. The Morgan fingerprint density at radius 3 is 2.87 bits per heavy atom. The Morgan fingerprint density at radius 2 is 2.06 bits per heavy atom. The third kappa shape index (κ3) is 3.81. The first-order valence-electron chi connectivity index (χ1n) is 11.7. The number of rotatable bonds is 4. The Morgan fingerprint density at radius 1 is 1.23 bits per heavy atom. The molecule has 1 aromatic heterocycles. The van der Waals surface area contributed by atoms with Crippen molar-refractivity contribution in [2.45, 2.75) is 64.5 Å². The van der Waals surface area contributed by atoms with Crippen LogP contribution in [0.5, 0.6) is 0 Å². The van der Waals surface area contributed by atoms with Gasteiger partial charge in [-0.3, -0.25) is 4.79 Å². The van der Waals surface area contributed by atoms with Crippen LogP contribution < -0.4 is 4.90 Å². The van der Waals surface area contributed by atoms with E-state index in [0.717, 1.165) is 56.0 Å². The fraction of sp³-hybridized carbons (Fsp3) is 0.560. The fourth-order valence-electron chi connectivity index (χ4n) is 6.12. The van der Waals surface area contributed by atoms with E-state index in [1.54, 1.807) is 12.1 Å². The van der Waals surface area contributed by atoms with Crippen LogP contribution in [-0.4, -0.2) is 45.9 Å². The molecule has 3 fully saturated rings. The molecule has 3 saturated heterocycles. The Balaban J connectivity index is 1.49. The number of nitrogens with zero attached hydrogens (tertiary/aromatic N) is 4. The zero-order chi connectivity index (χ0) is 21.5. The summed E-state index contributed by atoms with van der Waals surface area (Å²) in [5, 5.41) is 0. The minimum absolute atomic E-state index is 0.117. The summed E-state index contributed by atoms with van der Waals surface area (Å²) in [6.07, 6.45) is 7.40. The van der Waals surface area contributed by atoms with Crippen molar-refractivity contribution in [2.24, 2.45) is 11.8 Å². The van der Waals surface area contributed by atoms with Gasteiger partial charge in [0.25, 0.3) is 0 Å². The van der Waals surface area contributed by atoms with Crippen LogP contribution in [0.2, 0.25) is 0 Å². The molecule has 0 aliphatic carbocycles. The summed E-state index contributed by atoms with van der Waals surface area (Å²) in [7, 11) is 0. The van der Waals surface area contributed by atoms with E-state index in [0.29, 0.717) is 24.7 Å². The summed E-state index contributed by atoms with van der Waals surface area (Å²) >= 11 is 0. The Kier molecular flexibility index (Phi) is 5.40. The van der Waals surface area contributed by atoms with Gasteiger partial charge < -0.3 is 9.80 Å². The zero-order valence-corrected chi connectivity index (χ0v) is 18.4. The number of amides is 1. The van der Waals surface area contributed by atoms with Gasteiger partial charge in [0.1, 0.15) is 17.5 Å². The zero-order valence-electron chi connectivity index (χ0n) is 18.4. The standard InChI is InChI=1S/C25H31FN4O/c1-3-18-13-27-16(2)28-25(18)29-14-19-12-20(15-29)23(11-17-6-4-7-21(26)10-17)30-22(19)8-5-9-24(30)31/h4,6-7,10,13,19-20,22-23H,3,5,8-9,11-12,14-15H2,1-2H3/t19-,20+,22+,23+/m1/s1. The van der Waals surface area contributed by atoms with Crippen LogP contribution in [0.25, 0.3) is 0 Å². The largest absolute Gasteiger partial charge is 0.356 e. The highest BCUT2D eigenvalue weighted by molar-refractivity contribution is 5.78. The van der Waals surface area contributed by atoms with Crippen molar-refractivity contribution >= 4 is 11.7 Å². The number of carbonyl (C=O) groups excluding carboxylic acids is 1. The first-order chi connectivity index (χ1) is 15.0. The maximum Gasteiger partial charge on any atom is 0.223 e. The maximum absolute atomic E-state index is 13.9. The molecular formula is C25H31FN4O.